The molecule has 4 rings (SSSR count). The number of amides is 1. The van der Waals surface area contributed by atoms with Crippen molar-refractivity contribution in [2.45, 2.75) is 52.1 Å². The average molecular weight is 361 g/mol. The Hall–Kier alpha value is -2.39. The molecule has 2 aliphatic rings. The molecule has 1 heterocycles. The Kier molecular flexibility index (Phi) is 4.43. The van der Waals surface area contributed by atoms with Gasteiger partial charge in [0.15, 0.2) is 0 Å². The first kappa shape index (κ1) is 18.0. The Morgan fingerprint density at radius 2 is 1.74 bits per heavy atom. The van der Waals surface area contributed by atoms with Crippen molar-refractivity contribution >= 4 is 17.1 Å². The third-order valence-electron chi connectivity index (χ3n) is 5.62. The van der Waals surface area contributed by atoms with Crippen LogP contribution in [0.4, 0.5) is 0 Å². The van der Waals surface area contributed by atoms with E-state index in [1.54, 1.807) is 0 Å². The van der Waals surface area contributed by atoms with Crippen molar-refractivity contribution in [3.8, 4) is 0 Å². The van der Waals surface area contributed by atoms with Crippen LogP contribution in [0, 0.1) is 5.92 Å². The Morgan fingerprint density at radius 3 is 2.37 bits per heavy atom. The summed E-state index contributed by atoms with van der Waals surface area (Å²) in [7, 11) is 0. The number of carbonyl (C=O) groups is 1. The van der Waals surface area contributed by atoms with Gasteiger partial charge >= 0.3 is 0 Å². The predicted molar refractivity (Wildman–Crippen MR) is 111 cm³/mol. The molecule has 1 aliphatic heterocycles. The first-order valence-electron chi connectivity index (χ1n) is 9.85. The van der Waals surface area contributed by atoms with Gasteiger partial charge in [-0.1, -0.05) is 68.4 Å². The molecule has 1 atom stereocenters. The van der Waals surface area contributed by atoms with Crippen LogP contribution in [0.25, 0.3) is 11.1 Å². The maximum atomic E-state index is 12.3. The molecule has 1 saturated heterocycles. The normalized spacial score (nSPS) is 21.7. The molecule has 0 spiro atoms. The number of carbonyl (C=O) groups excluding carboxylic acids is 1. The predicted octanol–water partition coefficient (Wildman–Crippen LogP) is 5.21. The molecule has 3 heteroatoms. The summed E-state index contributed by atoms with van der Waals surface area (Å²) in [5.41, 5.74) is 9.53. The lowest BCUT2D eigenvalue weighted by atomic mass is 9.90. The second-order valence-corrected chi connectivity index (χ2v) is 8.74. The first-order valence-corrected chi connectivity index (χ1v) is 9.85. The van der Waals surface area contributed by atoms with Gasteiger partial charge in [0.25, 0.3) is 0 Å². The summed E-state index contributed by atoms with van der Waals surface area (Å²) in [6.45, 7) is 8.84. The summed E-state index contributed by atoms with van der Waals surface area (Å²) in [5.74, 6) is 0.661. The lowest BCUT2D eigenvalue weighted by molar-refractivity contribution is -0.121. The van der Waals surface area contributed by atoms with E-state index in [4.69, 9.17) is 0 Å². The second kappa shape index (κ2) is 6.65. The van der Waals surface area contributed by atoms with Crippen molar-refractivity contribution < 1.29 is 4.79 Å². The maximum absolute atomic E-state index is 12.3. The van der Waals surface area contributed by atoms with Crippen LogP contribution in [-0.2, 0) is 4.79 Å². The van der Waals surface area contributed by atoms with Crippen LogP contribution in [0.15, 0.2) is 54.6 Å². The fourth-order valence-electron chi connectivity index (χ4n) is 4.54. The summed E-state index contributed by atoms with van der Waals surface area (Å²) in [6, 6.07) is 19.4. The molecule has 140 valence electrons. The molecule has 0 bridgehead atoms. The van der Waals surface area contributed by atoms with Gasteiger partial charge < -0.3 is 0 Å². The third-order valence-corrected chi connectivity index (χ3v) is 5.62. The standard InChI is InChI=1S/C24H28N2O/c1-16(2)14-20-18-12-8-9-13-19(18)23(22(20)17-10-6-5-7-11-17)26-24(3,4)15-21(27)25-26/h5-13,16,23H,14-15H2,1-4H3,(H,25,27). The van der Waals surface area contributed by atoms with E-state index < -0.39 is 0 Å². The van der Waals surface area contributed by atoms with E-state index in [1.807, 2.05) is 0 Å². The SMILES string of the molecule is CC(C)CC1=C(c2ccccc2)C(N2NC(=O)CC2(C)C)c2ccccc21. The fraction of sp³-hybridized carbons (Fsp3) is 0.375. The molecule has 27 heavy (non-hydrogen) atoms. The van der Waals surface area contributed by atoms with Gasteiger partial charge in [0.1, 0.15) is 0 Å². The van der Waals surface area contributed by atoms with Gasteiger partial charge in [-0.05, 0) is 54.0 Å². The maximum Gasteiger partial charge on any atom is 0.236 e. The molecule has 3 nitrogen and oxygen atoms in total. The summed E-state index contributed by atoms with van der Waals surface area (Å²) in [4.78, 5) is 12.3. The van der Waals surface area contributed by atoms with Crippen molar-refractivity contribution in [3.05, 3.63) is 71.3 Å². The molecule has 0 saturated carbocycles. The van der Waals surface area contributed by atoms with Gasteiger partial charge in [0, 0.05) is 12.0 Å². The minimum Gasteiger partial charge on any atom is -0.287 e. The highest BCUT2D eigenvalue weighted by Gasteiger charge is 2.46. The first-order chi connectivity index (χ1) is 12.9. The van der Waals surface area contributed by atoms with Gasteiger partial charge in [-0.3, -0.25) is 10.2 Å². The van der Waals surface area contributed by atoms with Gasteiger partial charge in [0.2, 0.25) is 5.91 Å². The molecule has 1 aliphatic carbocycles. The zero-order valence-electron chi connectivity index (χ0n) is 16.6. The van der Waals surface area contributed by atoms with Gasteiger partial charge in [-0.15, -0.1) is 0 Å². The van der Waals surface area contributed by atoms with E-state index in [0.29, 0.717) is 12.3 Å². The molecular weight excluding hydrogens is 332 g/mol. The second-order valence-electron chi connectivity index (χ2n) is 8.74. The molecule has 1 N–H and O–H groups in total. The van der Waals surface area contributed by atoms with Gasteiger partial charge in [-0.25, -0.2) is 5.01 Å². The molecule has 1 fully saturated rings. The minimum atomic E-state index is -0.234. The Balaban J connectivity index is 1.94. The van der Waals surface area contributed by atoms with Crippen LogP contribution in [0.1, 0.15) is 63.3 Å². The number of nitrogens with one attached hydrogen (secondary N) is 1. The molecule has 1 unspecified atom stereocenters. The van der Waals surface area contributed by atoms with E-state index in [9.17, 15) is 4.79 Å². The van der Waals surface area contributed by atoms with Crippen LogP contribution in [0.2, 0.25) is 0 Å². The number of hydrogen-bond donors (Lipinski definition) is 1. The number of hydrazine groups is 1. The van der Waals surface area contributed by atoms with E-state index in [2.05, 4.69) is 92.7 Å². The summed E-state index contributed by atoms with van der Waals surface area (Å²) in [5, 5.41) is 2.18. The third kappa shape index (κ3) is 3.10. The monoisotopic (exact) mass is 360 g/mol. The largest absolute Gasteiger partial charge is 0.287 e. The van der Waals surface area contributed by atoms with Gasteiger partial charge in [-0.2, -0.15) is 0 Å². The Bertz CT molecular complexity index is 896. The molecule has 2 aromatic rings. The lowest BCUT2D eigenvalue weighted by Crippen LogP contribution is -2.46. The average Bonchev–Trinajstić information content (AvgIpc) is 3.08. The number of nitrogens with zero attached hydrogens (tertiary/aromatic N) is 1. The van der Waals surface area contributed by atoms with E-state index in [1.165, 1.54) is 27.8 Å². The van der Waals surface area contributed by atoms with Crippen LogP contribution in [-0.4, -0.2) is 16.5 Å². The number of fused-ring (bicyclic) bond motifs is 1. The molecular formula is C24H28N2O. The smallest absolute Gasteiger partial charge is 0.236 e. The number of hydrogen-bond acceptors (Lipinski definition) is 2. The van der Waals surface area contributed by atoms with Gasteiger partial charge in [0.05, 0.1) is 6.04 Å². The van der Waals surface area contributed by atoms with Crippen molar-refractivity contribution in [1.29, 1.82) is 0 Å². The van der Waals surface area contributed by atoms with Crippen molar-refractivity contribution in [2.24, 2.45) is 5.92 Å². The highest BCUT2D eigenvalue weighted by molar-refractivity contribution is 5.99. The highest BCUT2D eigenvalue weighted by Crippen LogP contribution is 2.52. The number of rotatable bonds is 4. The Labute approximate surface area is 162 Å². The van der Waals surface area contributed by atoms with E-state index >= 15 is 0 Å². The molecule has 2 aromatic carbocycles. The fourth-order valence-corrected chi connectivity index (χ4v) is 4.54. The quantitative estimate of drug-likeness (QED) is 0.811. The molecule has 0 radical (unpaired) electrons. The van der Waals surface area contributed by atoms with Crippen molar-refractivity contribution in [3.63, 3.8) is 0 Å². The summed E-state index contributed by atoms with van der Waals surface area (Å²) < 4.78 is 0. The number of benzene rings is 2. The van der Waals surface area contributed by atoms with Crippen LogP contribution in [0.3, 0.4) is 0 Å². The highest BCUT2D eigenvalue weighted by atomic mass is 16.2. The van der Waals surface area contributed by atoms with Crippen LogP contribution >= 0.6 is 0 Å². The zero-order valence-corrected chi connectivity index (χ0v) is 16.6. The topological polar surface area (TPSA) is 32.3 Å². The summed E-state index contributed by atoms with van der Waals surface area (Å²) in [6.07, 6.45) is 1.55. The lowest BCUT2D eigenvalue weighted by Gasteiger charge is -2.37. The van der Waals surface area contributed by atoms with E-state index in [0.717, 1.165) is 6.42 Å². The number of allylic oxidation sites excluding steroid dienone is 1. The van der Waals surface area contributed by atoms with Crippen LogP contribution in [0.5, 0.6) is 0 Å². The Morgan fingerprint density at radius 1 is 1.07 bits per heavy atom. The van der Waals surface area contributed by atoms with Crippen molar-refractivity contribution in [1.82, 2.24) is 10.4 Å². The zero-order chi connectivity index (χ0) is 19.2. The summed E-state index contributed by atoms with van der Waals surface area (Å²) >= 11 is 0. The van der Waals surface area contributed by atoms with Crippen LogP contribution < -0.4 is 5.43 Å². The minimum absolute atomic E-state index is 0.0406. The van der Waals surface area contributed by atoms with Crippen molar-refractivity contribution in [2.75, 3.05) is 0 Å². The molecule has 1 amide bonds. The molecule has 0 aromatic heterocycles. The van der Waals surface area contributed by atoms with E-state index in [-0.39, 0.29) is 17.5 Å².